The molecule has 9 heteroatoms. The Labute approximate surface area is 193 Å². The predicted octanol–water partition coefficient (Wildman–Crippen LogP) is 3.92. The van der Waals surface area contributed by atoms with Crippen molar-refractivity contribution in [1.82, 2.24) is 4.98 Å². The number of hydrogen-bond donors (Lipinski definition) is 4. The molecule has 166 valence electrons. The van der Waals surface area contributed by atoms with E-state index in [0.717, 1.165) is 15.4 Å². The molecule has 3 aromatic carbocycles. The van der Waals surface area contributed by atoms with E-state index in [-0.39, 0.29) is 5.84 Å². The largest absolute Gasteiger partial charge is 0.480 e. The Balaban J connectivity index is 1.52. The number of para-hydroxylation sites is 1. The van der Waals surface area contributed by atoms with E-state index in [1.165, 1.54) is 16.2 Å². The number of carbonyl (C=O) groups excluding carboxylic acids is 1. The normalized spacial score (nSPS) is 10.7. The molecule has 1 aromatic heterocycles. The summed E-state index contributed by atoms with van der Waals surface area (Å²) < 4.78 is 0.930. The summed E-state index contributed by atoms with van der Waals surface area (Å²) >= 11 is 1.51. The summed E-state index contributed by atoms with van der Waals surface area (Å²) in [5.74, 6) is -1.47. The Morgan fingerprint density at radius 1 is 1.03 bits per heavy atom. The van der Waals surface area contributed by atoms with Crippen LogP contribution < -0.4 is 16.0 Å². The van der Waals surface area contributed by atoms with E-state index >= 15 is 0 Å². The van der Waals surface area contributed by atoms with Crippen molar-refractivity contribution in [1.29, 1.82) is 5.41 Å². The van der Waals surface area contributed by atoms with E-state index in [0.29, 0.717) is 28.9 Å². The maximum absolute atomic E-state index is 13.1. The number of carbonyl (C=O) groups is 2. The van der Waals surface area contributed by atoms with Crippen LogP contribution in [0.5, 0.6) is 0 Å². The van der Waals surface area contributed by atoms with Gasteiger partial charge in [-0.2, -0.15) is 0 Å². The number of aromatic nitrogens is 1. The van der Waals surface area contributed by atoms with Crippen LogP contribution in [-0.4, -0.2) is 34.3 Å². The highest BCUT2D eigenvalue weighted by Gasteiger charge is 2.21. The second kappa shape index (κ2) is 9.49. The van der Waals surface area contributed by atoms with Gasteiger partial charge in [-0.15, -0.1) is 11.3 Å². The van der Waals surface area contributed by atoms with E-state index in [2.05, 4.69) is 10.3 Å². The molecule has 0 atom stereocenters. The zero-order valence-corrected chi connectivity index (χ0v) is 18.3. The number of nitrogens with one attached hydrogen (secondary N) is 2. The smallest absolute Gasteiger partial charge is 0.323 e. The summed E-state index contributed by atoms with van der Waals surface area (Å²) in [6.45, 7) is 0.0622. The van der Waals surface area contributed by atoms with Crippen LogP contribution in [-0.2, 0) is 11.3 Å². The van der Waals surface area contributed by atoms with Crippen LogP contribution in [0.1, 0.15) is 20.9 Å². The quantitative estimate of drug-likeness (QED) is 0.233. The van der Waals surface area contributed by atoms with Crippen LogP contribution in [0.15, 0.2) is 72.8 Å². The fourth-order valence-electron chi connectivity index (χ4n) is 3.31. The molecule has 1 amide bonds. The average Bonchev–Trinajstić information content (AvgIpc) is 3.23. The first-order chi connectivity index (χ1) is 15.9. The summed E-state index contributed by atoms with van der Waals surface area (Å²) in [6, 6.07) is 21.2. The van der Waals surface area contributed by atoms with Crippen LogP contribution >= 0.6 is 11.3 Å². The molecule has 0 spiro atoms. The molecule has 4 aromatic rings. The minimum absolute atomic E-state index is 0.0206. The molecule has 0 unspecified atom stereocenters. The molecular formula is C24H21N5O3S. The van der Waals surface area contributed by atoms with E-state index in [9.17, 15) is 14.7 Å². The molecule has 1 heterocycles. The number of aliphatic carboxylic acids is 1. The van der Waals surface area contributed by atoms with Gasteiger partial charge in [-0.05, 0) is 54.6 Å². The Kier molecular flexibility index (Phi) is 6.32. The van der Waals surface area contributed by atoms with Gasteiger partial charge in [-0.1, -0.05) is 18.2 Å². The summed E-state index contributed by atoms with van der Waals surface area (Å²) in [6.07, 6.45) is 0. The van der Waals surface area contributed by atoms with Gasteiger partial charge in [-0.25, -0.2) is 4.98 Å². The lowest BCUT2D eigenvalue weighted by Gasteiger charge is -2.20. The number of nitrogens with two attached hydrogens (primary N) is 1. The van der Waals surface area contributed by atoms with Gasteiger partial charge >= 0.3 is 5.97 Å². The van der Waals surface area contributed by atoms with Gasteiger partial charge < -0.3 is 16.2 Å². The molecule has 0 aliphatic rings. The zero-order chi connectivity index (χ0) is 23.4. The zero-order valence-electron chi connectivity index (χ0n) is 17.5. The van der Waals surface area contributed by atoms with Crippen LogP contribution in [0.25, 0.3) is 10.2 Å². The SMILES string of the molecule is N=C(N)c1ccc(NCc2nc3cc(C(=O)N(CC(=O)O)c4ccccc4)ccc3s2)cc1. The van der Waals surface area contributed by atoms with E-state index in [1.54, 1.807) is 48.5 Å². The van der Waals surface area contributed by atoms with E-state index in [4.69, 9.17) is 11.1 Å². The molecule has 33 heavy (non-hydrogen) atoms. The number of rotatable bonds is 8. The Bertz CT molecular complexity index is 1320. The van der Waals surface area contributed by atoms with Crippen molar-refractivity contribution in [2.75, 3.05) is 16.8 Å². The van der Waals surface area contributed by atoms with Crippen molar-refractivity contribution in [3.05, 3.63) is 88.9 Å². The number of carboxylic acids is 1. The van der Waals surface area contributed by atoms with Gasteiger partial charge in [0.15, 0.2) is 0 Å². The minimum atomic E-state index is -1.09. The first kappa shape index (κ1) is 22.0. The van der Waals surface area contributed by atoms with Gasteiger partial charge in [-0.3, -0.25) is 19.9 Å². The van der Waals surface area contributed by atoms with Crippen molar-refractivity contribution in [3.63, 3.8) is 0 Å². The van der Waals surface area contributed by atoms with Crippen LogP contribution in [0.2, 0.25) is 0 Å². The first-order valence-corrected chi connectivity index (χ1v) is 10.9. The average molecular weight is 460 g/mol. The van der Waals surface area contributed by atoms with Gasteiger partial charge in [0, 0.05) is 22.5 Å². The van der Waals surface area contributed by atoms with Crippen molar-refractivity contribution >= 4 is 50.6 Å². The lowest BCUT2D eigenvalue weighted by Crippen LogP contribution is -2.35. The maximum atomic E-state index is 13.1. The summed E-state index contributed by atoms with van der Waals surface area (Å²) in [5, 5.41) is 20.9. The standard InChI is InChI=1S/C24H21N5O3S/c25-23(26)15-6-9-17(10-7-15)27-13-21-28-19-12-16(8-11-20(19)33-21)24(32)29(14-22(30)31)18-4-2-1-3-5-18/h1-12,27H,13-14H2,(H3,25,26)(H,30,31). The fraction of sp³-hybridized carbons (Fsp3) is 0.0833. The number of amides is 1. The van der Waals surface area contributed by atoms with Crippen molar-refractivity contribution in [2.24, 2.45) is 5.73 Å². The number of carboxylic acid groups (broad SMARTS) is 1. The maximum Gasteiger partial charge on any atom is 0.323 e. The third-order valence-electron chi connectivity index (χ3n) is 4.92. The van der Waals surface area contributed by atoms with Crippen LogP contribution in [0, 0.1) is 5.41 Å². The molecule has 0 bridgehead atoms. The molecule has 8 nitrogen and oxygen atoms in total. The lowest BCUT2D eigenvalue weighted by atomic mass is 10.1. The molecule has 5 N–H and O–H groups in total. The summed E-state index contributed by atoms with van der Waals surface area (Å²) in [7, 11) is 0. The minimum Gasteiger partial charge on any atom is -0.480 e. The van der Waals surface area contributed by atoms with Crippen molar-refractivity contribution in [2.45, 2.75) is 6.54 Å². The number of nitrogen functional groups attached to an aromatic ring is 1. The van der Waals surface area contributed by atoms with Crippen LogP contribution in [0.3, 0.4) is 0 Å². The number of fused-ring (bicyclic) bond motifs is 1. The monoisotopic (exact) mass is 459 g/mol. The van der Waals surface area contributed by atoms with Crippen molar-refractivity contribution in [3.8, 4) is 0 Å². The van der Waals surface area contributed by atoms with Crippen LogP contribution in [0.4, 0.5) is 11.4 Å². The van der Waals surface area contributed by atoms with Gasteiger partial charge in [0.1, 0.15) is 17.4 Å². The Morgan fingerprint density at radius 3 is 2.39 bits per heavy atom. The second-order valence-electron chi connectivity index (χ2n) is 7.26. The summed E-state index contributed by atoms with van der Waals surface area (Å²) in [5.41, 5.74) is 8.58. The molecule has 0 saturated carbocycles. The third kappa shape index (κ3) is 5.16. The molecule has 0 fully saturated rings. The number of thiazole rings is 1. The molecular weight excluding hydrogens is 438 g/mol. The molecule has 0 radical (unpaired) electrons. The molecule has 4 rings (SSSR count). The molecule has 0 saturated heterocycles. The highest BCUT2D eigenvalue weighted by atomic mass is 32.1. The number of nitrogens with zero attached hydrogens (tertiary/aromatic N) is 2. The Hall–Kier alpha value is -4.24. The molecule has 0 aliphatic carbocycles. The number of benzene rings is 3. The number of hydrogen-bond acceptors (Lipinski definition) is 6. The van der Waals surface area contributed by atoms with Gasteiger partial charge in [0.05, 0.1) is 16.8 Å². The number of anilines is 2. The van der Waals surface area contributed by atoms with Gasteiger partial charge in [0.25, 0.3) is 5.91 Å². The van der Waals surface area contributed by atoms with E-state index in [1.807, 2.05) is 24.3 Å². The lowest BCUT2D eigenvalue weighted by molar-refractivity contribution is -0.135. The Morgan fingerprint density at radius 2 is 1.73 bits per heavy atom. The highest BCUT2D eigenvalue weighted by Crippen LogP contribution is 2.25. The number of amidine groups is 1. The predicted molar refractivity (Wildman–Crippen MR) is 130 cm³/mol. The molecule has 0 aliphatic heterocycles. The third-order valence-corrected chi connectivity index (χ3v) is 5.96. The highest BCUT2D eigenvalue weighted by molar-refractivity contribution is 7.18. The van der Waals surface area contributed by atoms with Gasteiger partial charge in [0.2, 0.25) is 0 Å². The topological polar surface area (TPSA) is 132 Å². The second-order valence-corrected chi connectivity index (χ2v) is 8.37. The van der Waals surface area contributed by atoms with Crippen molar-refractivity contribution < 1.29 is 14.7 Å². The first-order valence-electron chi connectivity index (χ1n) is 10.1. The van der Waals surface area contributed by atoms with E-state index < -0.39 is 18.4 Å². The summed E-state index contributed by atoms with van der Waals surface area (Å²) in [4.78, 5) is 30.3. The fourth-order valence-corrected chi connectivity index (χ4v) is 4.20.